The van der Waals surface area contributed by atoms with Crippen LogP contribution in [-0.2, 0) is 19.6 Å². The summed E-state index contributed by atoms with van der Waals surface area (Å²) in [4.78, 5) is 29.1. The number of piperidine rings is 1. The van der Waals surface area contributed by atoms with Crippen molar-refractivity contribution in [2.24, 2.45) is 22.7 Å². The molecule has 2 saturated heterocycles. The van der Waals surface area contributed by atoms with Crippen molar-refractivity contribution < 1.29 is 18.0 Å². The lowest BCUT2D eigenvalue weighted by atomic mass is 9.65. The SMILES string of the molecule is CC(C)C(=O)N1CCC2(CC1)CC[C@]1(C(=O)N(C)C)CN(S(C)(=O)=O)C[C@H]21. The molecule has 0 bridgehead atoms. The third-order valence-electron chi connectivity index (χ3n) is 7.19. The highest BCUT2D eigenvalue weighted by atomic mass is 32.2. The molecule has 2 heterocycles. The van der Waals surface area contributed by atoms with E-state index in [1.165, 1.54) is 10.6 Å². The third kappa shape index (κ3) is 3.28. The molecular formula is C19H33N3O4S. The summed E-state index contributed by atoms with van der Waals surface area (Å²) in [5, 5.41) is 0. The highest BCUT2D eigenvalue weighted by molar-refractivity contribution is 7.88. The largest absolute Gasteiger partial charge is 0.348 e. The molecule has 0 N–H and O–H groups in total. The fraction of sp³-hybridized carbons (Fsp3) is 0.895. The molecule has 2 atom stereocenters. The number of carbonyl (C=O) groups excluding carboxylic acids is 2. The highest BCUT2D eigenvalue weighted by Gasteiger charge is 2.65. The van der Waals surface area contributed by atoms with Crippen LogP contribution in [0.2, 0.25) is 0 Å². The minimum atomic E-state index is -3.33. The Labute approximate surface area is 163 Å². The van der Waals surface area contributed by atoms with Gasteiger partial charge in [0, 0.05) is 46.2 Å². The van der Waals surface area contributed by atoms with Crippen LogP contribution in [0.4, 0.5) is 0 Å². The Morgan fingerprint density at radius 1 is 1.07 bits per heavy atom. The lowest BCUT2D eigenvalue weighted by Gasteiger charge is -2.45. The molecule has 1 spiro atoms. The number of rotatable bonds is 3. The Kier molecular flexibility index (Phi) is 5.13. The molecule has 0 aromatic carbocycles. The quantitative estimate of drug-likeness (QED) is 0.710. The Morgan fingerprint density at radius 2 is 1.67 bits per heavy atom. The maximum atomic E-state index is 13.1. The number of sulfonamides is 1. The minimum Gasteiger partial charge on any atom is -0.348 e. The third-order valence-corrected chi connectivity index (χ3v) is 8.40. The van der Waals surface area contributed by atoms with Crippen molar-refractivity contribution in [2.75, 3.05) is 46.5 Å². The van der Waals surface area contributed by atoms with Gasteiger partial charge in [0.2, 0.25) is 21.8 Å². The molecule has 1 saturated carbocycles. The molecule has 1 aliphatic carbocycles. The zero-order valence-electron chi connectivity index (χ0n) is 17.2. The average molecular weight is 400 g/mol. The smallest absolute Gasteiger partial charge is 0.229 e. The van der Waals surface area contributed by atoms with Crippen molar-refractivity contribution in [1.29, 1.82) is 0 Å². The first kappa shape index (κ1) is 20.6. The van der Waals surface area contributed by atoms with E-state index in [4.69, 9.17) is 0 Å². The molecular weight excluding hydrogens is 366 g/mol. The summed E-state index contributed by atoms with van der Waals surface area (Å²) in [6, 6.07) is 0. The number of hydrogen-bond donors (Lipinski definition) is 0. The highest BCUT2D eigenvalue weighted by Crippen LogP contribution is 2.62. The van der Waals surface area contributed by atoms with Gasteiger partial charge in [0.15, 0.2) is 0 Å². The van der Waals surface area contributed by atoms with E-state index in [2.05, 4.69) is 0 Å². The van der Waals surface area contributed by atoms with E-state index in [0.717, 1.165) is 25.7 Å². The van der Waals surface area contributed by atoms with Gasteiger partial charge in [-0.1, -0.05) is 13.8 Å². The summed E-state index contributed by atoms with van der Waals surface area (Å²) in [5.74, 6) is 0.258. The number of amides is 2. The molecule has 0 aromatic rings. The summed E-state index contributed by atoms with van der Waals surface area (Å²) < 4.78 is 26.0. The Morgan fingerprint density at radius 3 is 2.15 bits per heavy atom. The first-order valence-electron chi connectivity index (χ1n) is 9.89. The number of carbonyl (C=O) groups is 2. The average Bonchev–Trinajstić information content (AvgIpc) is 3.12. The van der Waals surface area contributed by atoms with E-state index in [9.17, 15) is 18.0 Å². The second kappa shape index (κ2) is 6.72. The maximum absolute atomic E-state index is 13.1. The Balaban J connectivity index is 1.88. The lowest BCUT2D eigenvalue weighted by Crippen LogP contribution is -2.50. The van der Waals surface area contributed by atoms with Crippen molar-refractivity contribution in [3.05, 3.63) is 0 Å². The predicted octanol–water partition coefficient (Wildman–Crippen LogP) is 1.01. The van der Waals surface area contributed by atoms with Crippen LogP contribution < -0.4 is 0 Å². The molecule has 2 aliphatic heterocycles. The number of nitrogens with zero attached hydrogens (tertiary/aromatic N) is 3. The summed E-state index contributed by atoms with van der Waals surface area (Å²) in [6.07, 6.45) is 4.63. The van der Waals surface area contributed by atoms with Gasteiger partial charge in [-0.3, -0.25) is 9.59 Å². The molecule has 0 unspecified atom stereocenters. The molecule has 27 heavy (non-hydrogen) atoms. The normalized spacial score (nSPS) is 30.7. The topological polar surface area (TPSA) is 78.0 Å². The molecule has 3 fully saturated rings. The van der Waals surface area contributed by atoms with Crippen LogP contribution >= 0.6 is 0 Å². The molecule has 3 rings (SSSR count). The standard InChI is InChI=1S/C19H33N3O4S/c1-14(2)16(23)21-10-8-18(9-11-21)6-7-19(17(24)20(3)4)13-22(12-15(18)19)27(5,25)26/h14-15H,6-13H2,1-5H3/t15-,19+/m1/s1. The molecule has 0 aromatic heterocycles. The first-order chi connectivity index (χ1) is 12.4. The fourth-order valence-corrected chi connectivity index (χ4v) is 6.59. The zero-order valence-corrected chi connectivity index (χ0v) is 18.0. The molecule has 0 radical (unpaired) electrons. The van der Waals surface area contributed by atoms with E-state index < -0.39 is 15.4 Å². The zero-order chi connectivity index (χ0) is 20.2. The van der Waals surface area contributed by atoms with Crippen LogP contribution in [0.3, 0.4) is 0 Å². The van der Waals surface area contributed by atoms with Gasteiger partial charge >= 0.3 is 0 Å². The Bertz CT molecular complexity index is 725. The number of fused-ring (bicyclic) bond motifs is 2. The van der Waals surface area contributed by atoms with E-state index in [0.29, 0.717) is 26.2 Å². The van der Waals surface area contributed by atoms with Gasteiger partial charge in [-0.15, -0.1) is 0 Å². The van der Waals surface area contributed by atoms with Crippen LogP contribution in [0.5, 0.6) is 0 Å². The van der Waals surface area contributed by atoms with Crippen molar-refractivity contribution in [3.63, 3.8) is 0 Å². The van der Waals surface area contributed by atoms with Crippen LogP contribution in [-0.4, -0.2) is 80.9 Å². The minimum absolute atomic E-state index is 0.00996. The van der Waals surface area contributed by atoms with Crippen molar-refractivity contribution in [2.45, 2.75) is 39.5 Å². The summed E-state index contributed by atoms with van der Waals surface area (Å²) in [5.41, 5.74) is -0.657. The molecule has 2 amide bonds. The van der Waals surface area contributed by atoms with Gasteiger partial charge in [0.05, 0.1) is 11.7 Å². The van der Waals surface area contributed by atoms with Gasteiger partial charge in [-0.25, -0.2) is 12.7 Å². The van der Waals surface area contributed by atoms with Crippen LogP contribution in [0.1, 0.15) is 39.5 Å². The molecule has 154 valence electrons. The summed E-state index contributed by atoms with van der Waals surface area (Å²) in [6.45, 7) is 5.98. The Hall–Kier alpha value is -1.15. The van der Waals surface area contributed by atoms with Gasteiger partial charge in [-0.05, 0) is 37.0 Å². The fourth-order valence-electron chi connectivity index (χ4n) is 5.70. The van der Waals surface area contributed by atoms with Gasteiger partial charge in [0.1, 0.15) is 0 Å². The monoisotopic (exact) mass is 399 g/mol. The van der Waals surface area contributed by atoms with Crippen LogP contribution in [0, 0.1) is 22.7 Å². The van der Waals surface area contributed by atoms with Gasteiger partial charge < -0.3 is 9.80 Å². The maximum Gasteiger partial charge on any atom is 0.229 e. The van der Waals surface area contributed by atoms with Gasteiger partial charge in [0.25, 0.3) is 0 Å². The van der Waals surface area contributed by atoms with Crippen molar-refractivity contribution in [3.8, 4) is 0 Å². The van der Waals surface area contributed by atoms with E-state index in [1.54, 1.807) is 19.0 Å². The lowest BCUT2D eigenvalue weighted by molar-refractivity contribution is -0.143. The van der Waals surface area contributed by atoms with Crippen LogP contribution in [0.25, 0.3) is 0 Å². The second-order valence-electron chi connectivity index (χ2n) is 9.31. The van der Waals surface area contributed by atoms with Crippen molar-refractivity contribution in [1.82, 2.24) is 14.1 Å². The van der Waals surface area contributed by atoms with E-state index in [-0.39, 0.29) is 29.1 Å². The van der Waals surface area contributed by atoms with Crippen molar-refractivity contribution >= 4 is 21.8 Å². The summed E-state index contributed by atoms with van der Waals surface area (Å²) >= 11 is 0. The summed E-state index contributed by atoms with van der Waals surface area (Å²) in [7, 11) is 0.178. The molecule has 7 nitrogen and oxygen atoms in total. The number of likely N-dealkylation sites (tertiary alicyclic amines) is 1. The van der Waals surface area contributed by atoms with E-state index >= 15 is 0 Å². The van der Waals surface area contributed by atoms with Crippen LogP contribution in [0.15, 0.2) is 0 Å². The van der Waals surface area contributed by atoms with E-state index in [1.807, 2.05) is 18.7 Å². The molecule has 3 aliphatic rings. The predicted molar refractivity (Wildman–Crippen MR) is 103 cm³/mol. The molecule has 8 heteroatoms. The van der Waals surface area contributed by atoms with Gasteiger partial charge in [-0.2, -0.15) is 0 Å². The number of hydrogen-bond acceptors (Lipinski definition) is 4. The first-order valence-corrected chi connectivity index (χ1v) is 11.7. The second-order valence-corrected chi connectivity index (χ2v) is 11.3.